The van der Waals surface area contributed by atoms with Gasteiger partial charge in [-0.25, -0.2) is 19.3 Å². The summed E-state index contributed by atoms with van der Waals surface area (Å²) in [7, 11) is 0. The molecule has 0 aliphatic rings. The topological polar surface area (TPSA) is 125 Å². The quantitative estimate of drug-likeness (QED) is 0.376. The molecule has 3 heterocycles. The number of hydrogen-bond donors (Lipinski definition) is 2. The zero-order chi connectivity index (χ0) is 23.5. The number of pyridine rings is 1. The smallest absolute Gasteiger partial charge is 0.354 e. The van der Waals surface area contributed by atoms with Gasteiger partial charge in [0.2, 0.25) is 0 Å². The van der Waals surface area contributed by atoms with Gasteiger partial charge in [0.05, 0.1) is 5.69 Å². The number of para-hydroxylation sites is 1. The SMILES string of the molecule is N#Cc1c(Nc2ccc(Oc3ccccc3)cc2)nn2cc(-c3cccc(C(=O)O)n3)cnc12. The molecule has 164 valence electrons. The lowest BCUT2D eigenvalue weighted by molar-refractivity contribution is 0.0690. The molecule has 0 aliphatic carbocycles. The molecule has 0 saturated heterocycles. The average molecular weight is 448 g/mol. The lowest BCUT2D eigenvalue weighted by Crippen LogP contribution is -2.01. The number of nitrogens with zero attached hydrogens (tertiary/aromatic N) is 5. The summed E-state index contributed by atoms with van der Waals surface area (Å²) in [5.41, 5.74) is 2.30. The Morgan fingerprint density at radius 3 is 2.50 bits per heavy atom. The Balaban J connectivity index is 1.42. The van der Waals surface area contributed by atoms with Crippen LogP contribution in [0.15, 0.2) is 85.2 Å². The van der Waals surface area contributed by atoms with Gasteiger partial charge in [-0.05, 0) is 48.5 Å². The van der Waals surface area contributed by atoms with Crippen LogP contribution >= 0.6 is 0 Å². The number of nitrogens with one attached hydrogen (secondary N) is 1. The molecule has 34 heavy (non-hydrogen) atoms. The Hall–Kier alpha value is -5.23. The fourth-order valence-electron chi connectivity index (χ4n) is 3.34. The van der Waals surface area contributed by atoms with Crippen LogP contribution in [0.3, 0.4) is 0 Å². The molecular formula is C25H16N6O3. The third-order valence-corrected chi connectivity index (χ3v) is 4.94. The molecule has 0 radical (unpaired) electrons. The molecule has 9 heteroatoms. The van der Waals surface area contributed by atoms with E-state index >= 15 is 0 Å². The summed E-state index contributed by atoms with van der Waals surface area (Å²) in [4.78, 5) is 19.7. The summed E-state index contributed by atoms with van der Waals surface area (Å²) in [5, 5.41) is 26.5. The van der Waals surface area contributed by atoms with Crippen molar-refractivity contribution in [2.24, 2.45) is 0 Å². The van der Waals surface area contributed by atoms with Gasteiger partial charge in [0.1, 0.15) is 28.8 Å². The van der Waals surface area contributed by atoms with Gasteiger partial charge in [-0.15, -0.1) is 5.10 Å². The van der Waals surface area contributed by atoms with Gasteiger partial charge in [0, 0.05) is 23.6 Å². The highest BCUT2D eigenvalue weighted by Gasteiger charge is 2.16. The number of rotatable bonds is 6. The van der Waals surface area contributed by atoms with E-state index < -0.39 is 5.97 Å². The molecule has 2 aromatic carbocycles. The lowest BCUT2D eigenvalue weighted by atomic mass is 10.2. The summed E-state index contributed by atoms with van der Waals surface area (Å²) in [5.74, 6) is 0.639. The normalized spacial score (nSPS) is 10.6. The highest BCUT2D eigenvalue weighted by atomic mass is 16.5. The Morgan fingerprint density at radius 1 is 1.00 bits per heavy atom. The number of benzene rings is 2. The number of carboxylic acid groups (broad SMARTS) is 1. The molecule has 0 bridgehead atoms. The van der Waals surface area contributed by atoms with Crippen molar-refractivity contribution in [2.75, 3.05) is 5.32 Å². The summed E-state index contributed by atoms with van der Waals surface area (Å²) >= 11 is 0. The van der Waals surface area contributed by atoms with Crippen LogP contribution in [0.1, 0.15) is 16.1 Å². The van der Waals surface area contributed by atoms with Gasteiger partial charge >= 0.3 is 5.97 Å². The van der Waals surface area contributed by atoms with Crippen molar-refractivity contribution >= 4 is 23.1 Å². The predicted octanol–water partition coefficient (Wildman–Crippen LogP) is 4.90. The van der Waals surface area contributed by atoms with E-state index in [4.69, 9.17) is 4.74 Å². The highest BCUT2D eigenvalue weighted by molar-refractivity contribution is 5.86. The van der Waals surface area contributed by atoms with Crippen molar-refractivity contribution in [3.8, 4) is 28.8 Å². The van der Waals surface area contributed by atoms with Crippen molar-refractivity contribution in [3.63, 3.8) is 0 Å². The molecule has 0 aliphatic heterocycles. The zero-order valence-corrected chi connectivity index (χ0v) is 17.6. The van der Waals surface area contributed by atoms with Crippen molar-refractivity contribution in [1.82, 2.24) is 19.6 Å². The molecule has 0 fully saturated rings. The number of nitriles is 1. The first-order valence-corrected chi connectivity index (χ1v) is 10.2. The van der Waals surface area contributed by atoms with Crippen LogP contribution in [0.4, 0.5) is 11.5 Å². The molecule has 5 aromatic rings. The van der Waals surface area contributed by atoms with Gasteiger partial charge in [-0.3, -0.25) is 0 Å². The maximum Gasteiger partial charge on any atom is 0.354 e. The third kappa shape index (κ3) is 4.11. The first kappa shape index (κ1) is 20.7. The predicted molar refractivity (Wildman–Crippen MR) is 124 cm³/mol. The molecule has 5 rings (SSSR count). The zero-order valence-electron chi connectivity index (χ0n) is 17.6. The number of ether oxygens (including phenoxy) is 1. The van der Waals surface area contributed by atoms with Crippen LogP contribution in [0.2, 0.25) is 0 Å². The van der Waals surface area contributed by atoms with Crippen LogP contribution < -0.4 is 10.1 Å². The van der Waals surface area contributed by atoms with Crippen LogP contribution in [0, 0.1) is 11.3 Å². The lowest BCUT2D eigenvalue weighted by Gasteiger charge is -2.07. The minimum atomic E-state index is -1.12. The summed E-state index contributed by atoms with van der Waals surface area (Å²) < 4.78 is 7.27. The highest BCUT2D eigenvalue weighted by Crippen LogP contribution is 2.27. The molecular weight excluding hydrogens is 432 g/mol. The van der Waals surface area contributed by atoms with Crippen LogP contribution in [-0.2, 0) is 0 Å². The van der Waals surface area contributed by atoms with Crippen molar-refractivity contribution in [1.29, 1.82) is 5.26 Å². The van der Waals surface area contributed by atoms with E-state index in [1.807, 2.05) is 54.6 Å². The van der Waals surface area contributed by atoms with E-state index in [9.17, 15) is 15.2 Å². The van der Waals surface area contributed by atoms with E-state index in [0.717, 1.165) is 11.4 Å². The molecule has 3 aromatic heterocycles. The van der Waals surface area contributed by atoms with Crippen molar-refractivity contribution in [3.05, 3.63) is 96.4 Å². The van der Waals surface area contributed by atoms with Gasteiger partial charge in [-0.2, -0.15) is 5.26 Å². The Bertz CT molecular complexity index is 1540. The molecule has 2 N–H and O–H groups in total. The largest absolute Gasteiger partial charge is 0.477 e. The van der Waals surface area contributed by atoms with Crippen molar-refractivity contribution in [2.45, 2.75) is 0 Å². The maximum absolute atomic E-state index is 11.2. The standard InChI is InChI=1S/C25H16N6O3/c26-13-20-23(28-17-9-11-19(12-10-17)34-18-5-2-1-3-6-18)30-31-15-16(14-27-24(20)31)21-7-4-8-22(29-21)25(32)33/h1-12,14-15H,(H,28,30)(H,32,33). The molecule has 0 amide bonds. The van der Waals surface area contributed by atoms with Crippen LogP contribution in [0.25, 0.3) is 16.9 Å². The summed E-state index contributed by atoms with van der Waals surface area (Å²) in [6, 6.07) is 23.6. The number of aromatic nitrogens is 4. The Labute approximate surface area is 193 Å². The molecule has 0 atom stereocenters. The van der Waals surface area contributed by atoms with Gasteiger partial charge in [0.25, 0.3) is 0 Å². The monoisotopic (exact) mass is 448 g/mol. The van der Waals surface area contributed by atoms with Gasteiger partial charge in [-0.1, -0.05) is 24.3 Å². The molecule has 0 saturated carbocycles. The second-order valence-electron chi connectivity index (χ2n) is 7.22. The number of anilines is 2. The fourth-order valence-corrected chi connectivity index (χ4v) is 3.34. The number of carboxylic acids is 1. The minimum absolute atomic E-state index is 0.0715. The number of carbonyl (C=O) groups is 1. The first-order valence-electron chi connectivity index (χ1n) is 10.2. The van der Waals surface area contributed by atoms with Crippen LogP contribution in [0.5, 0.6) is 11.5 Å². The van der Waals surface area contributed by atoms with E-state index in [2.05, 4.69) is 26.5 Å². The number of fused-ring (bicyclic) bond motifs is 1. The average Bonchev–Trinajstić information content (AvgIpc) is 3.22. The maximum atomic E-state index is 11.2. The Morgan fingerprint density at radius 2 is 1.76 bits per heavy atom. The molecule has 9 nitrogen and oxygen atoms in total. The summed E-state index contributed by atoms with van der Waals surface area (Å²) in [6.45, 7) is 0. The molecule has 0 spiro atoms. The van der Waals surface area contributed by atoms with E-state index in [1.54, 1.807) is 18.3 Å². The first-order chi connectivity index (χ1) is 16.6. The fraction of sp³-hybridized carbons (Fsp3) is 0. The van der Waals surface area contributed by atoms with Gasteiger partial charge < -0.3 is 15.2 Å². The van der Waals surface area contributed by atoms with Crippen LogP contribution in [-0.4, -0.2) is 30.7 Å². The van der Waals surface area contributed by atoms with E-state index in [0.29, 0.717) is 28.5 Å². The second kappa shape index (κ2) is 8.72. The molecule has 0 unspecified atom stereocenters. The second-order valence-corrected chi connectivity index (χ2v) is 7.22. The third-order valence-electron chi connectivity index (χ3n) is 4.94. The summed E-state index contributed by atoms with van der Waals surface area (Å²) in [6.07, 6.45) is 3.18. The number of aromatic carboxylic acids is 1. The minimum Gasteiger partial charge on any atom is -0.477 e. The number of hydrogen-bond acceptors (Lipinski definition) is 7. The van der Waals surface area contributed by atoms with Gasteiger partial charge in [0.15, 0.2) is 11.5 Å². The van der Waals surface area contributed by atoms with E-state index in [-0.39, 0.29) is 11.3 Å². The Kier molecular flexibility index (Phi) is 5.30. The van der Waals surface area contributed by atoms with Crippen molar-refractivity contribution < 1.29 is 14.6 Å². The van der Waals surface area contributed by atoms with E-state index in [1.165, 1.54) is 16.8 Å².